The number of hydrogen-bond acceptors (Lipinski definition) is 4. The molecule has 1 heterocycles. The van der Waals surface area contributed by atoms with Crippen molar-refractivity contribution in [2.24, 2.45) is 5.14 Å². The van der Waals surface area contributed by atoms with Gasteiger partial charge in [-0.25, -0.2) is 13.6 Å². The summed E-state index contributed by atoms with van der Waals surface area (Å²) in [5.74, 6) is -0.0635. The largest absolute Gasteiger partial charge is 0.308 e. The fraction of sp³-hybridized carbons (Fsp3) is 0.208. The van der Waals surface area contributed by atoms with Crippen molar-refractivity contribution in [2.45, 2.75) is 30.3 Å². The van der Waals surface area contributed by atoms with E-state index in [0.717, 1.165) is 22.4 Å². The van der Waals surface area contributed by atoms with E-state index in [9.17, 15) is 13.2 Å². The molecular weight excluding hydrogens is 410 g/mol. The number of hydrogen-bond donors (Lipinski definition) is 2. The Morgan fingerprint density at radius 2 is 1.61 bits per heavy atom. The lowest BCUT2D eigenvalue weighted by Crippen LogP contribution is -2.42. The monoisotopic (exact) mass is 435 g/mol. The van der Waals surface area contributed by atoms with Gasteiger partial charge in [-0.15, -0.1) is 0 Å². The summed E-state index contributed by atoms with van der Waals surface area (Å²) in [6.07, 6.45) is 0.589. The second-order valence-corrected chi connectivity index (χ2v) is 9.35. The van der Waals surface area contributed by atoms with E-state index >= 15 is 0 Å². The summed E-state index contributed by atoms with van der Waals surface area (Å²) in [5.41, 5.74) is 3.71. The van der Waals surface area contributed by atoms with E-state index in [1.54, 1.807) is 17.0 Å². The van der Waals surface area contributed by atoms with Crippen molar-refractivity contribution < 1.29 is 13.2 Å². The molecule has 0 spiro atoms. The number of nitrogens with zero attached hydrogens (tertiary/aromatic N) is 1. The van der Waals surface area contributed by atoms with Gasteiger partial charge in [0.25, 0.3) is 0 Å². The normalized spacial score (nSPS) is 15.8. The van der Waals surface area contributed by atoms with Crippen LogP contribution in [0.25, 0.3) is 0 Å². The van der Waals surface area contributed by atoms with E-state index in [1.807, 2.05) is 67.6 Å². The Labute approximate surface area is 182 Å². The molecule has 1 atom stereocenters. The summed E-state index contributed by atoms with van der Waals surface area (Å²) in [4.78, 5) is 15.0. The highest BCUT2D eigenvalue weighted by atomic mass is 32.2. The van der Waals surface area contributed by atoms with Crippen LogP contribution in [0.15, 0.2) is 83.8 Å². The van der Waals surface area contributed by atoms with Crippen LogP contribution < -0.4 is 15.4 Å². The minimum absolute atomic E-state index is 0.0630. The minimum Gasteiger partial charge on any atom is -0.308 e. The van der Waals surface area contributed by atoms with E-state index in [0.29, 0.717) is 6.42 Å². The number of amides is 1. The van der Waals surface area contributed by atoms with Crippen LogP contribution in [0.2, 0.25) is 0 Å². The summed E-state index contributed by atoms with van der Waals surface area (Å²) in [7, 11) is -3.78. The number of nitrogens with two attached hydrogens (primary N) is 1. The first-order chi connectivity index (χ1) is 14.8. The van der Waals surface area contributed by atoms with Crippen molar-refractivity contribution in [1.29, 1.82) is 0 Å². The van der Waals surface area contributed by atoms with Gasteiger partial charge in [0.15, 0.2) is 0 Å². The molecule has 6 nitrogen and oxygen atoms in total. The smallest absolute Gasteiger partial charge is 0.241 e. The van der Waals surface area contributed by atoms with Gasteiger partial charge in [-0.1, -0.05) is 60.7 Å². The quantitative estimate of drug-likeness (QED) is 0.623. The van der Waals surface area contributed by atoms with Crippen LogP contribution in [0.1, 0.15) is 29.7 Å². The Bertz CT molecular complexity index is 1140. The third-order valence-corrected chi connectivity index (χ3v) is 6.50. The molecule has 0 aromatic heterocycles. The molecule has 3 aromatic carbocycles. The first-order valence-electron chi connectivity index (χ1n) is 10.2. The number of primary sulfonamides is 1. The molecule has 0 radical (unpaired) electrons. The summed E-state index contributed by atoms with van der Waals surface area (Å²) in [6, 6.07) is 24.5. The van der Waals surface area contributed by atoms with Gasteiger partial charge < -0.3 is 4.90 Å². The van der Waals surface area contributed by atoms with E-state index in [4.69, 9.17) is 5.14 Å². The van der Waals surface area contributed by atoms with Crippen LogP contribution >= 0.6 is 0 Å². The van der Waals surface area contributed by atoms with E-state index in [1.165, 1.54) is 6.07 Å². The standard InChI is InChI=1S/C24H25N3O3S/c1-17-14-20-15-21(31(25,29)30)12-13-22(20)27(17)23(28)16-26-24(18-8-4-2-5-9-18)19-10-6-3-7-11-19/h2-13,15,17,24,26H,14,16H2,1H3,(H2,25,29,30). The van der Waals surface area contributed by atoms with Crippen LogP contribution in [0.4, 0.5) is 5.69 Å². The van der Waals surface area contributed by atoms with Crippen molar-refractivity contribution in [2.75, 3.05) is 11.4 Å². The maximum absolute atomic E-state index is 13.2. The molecular formula is C24H25N3O3S. The Balaban J connectivity index is 1.55. The van der Waals surface area contributed by atoms with Gasteiger partial charge in [0, 0.05) is 11.7 Å². The number of carbonyl (C=O) groups is 1. The van der Waals surface area contributed by atoms with Gasteiger partial charge in [-0.3, -0.25) is 10.1 Å². The zero-order valence-corrected chi connectivity index (χ0v) is 18.0. The molecule has 0 bridgehead atoms. The molecule has 1 aliphatic heterocycles. The molecule has 0 saturated heterocycles. The summed E-state index contributed by atoms with van der Waals surface area (Å²) < 4.78 is 23.3. The zero-order valence-electron chi connectivity index (χ0n) is 17.2. The second kappa shape index (κ2) is 8.63. The number of fused-ring (bicyclic) bond motifs is 1. The molecule has 160 valence electrons. The fourth-order valence-corrected chi connectivity index (χ4v) is 4.72. The van der Waals surface area contributed by atoms with Gasteiger partial charge in [0.1, 0.15) is 0 Å². The maximum Gasteiger partial charge on any atom is 0.241 e. The third kappa shape index (κ3) is 4.54. The molecule has 1 amide bonds. The van der Waals surface area contributed by atoms with Gasteiger partial charge in [0.05, 0.1) is 17.5 Å². The van der Waals surface area contributed by atoms with Gasteiger partial charge in [0.2, 0.25) is 15.9 Å². The number of nitrogens with one attached hydrogen (secondary N) is 1. The summed E-state index contributed by atoms with van der Waals surface area (Å²) >= 11 is 0. The van der Waals surface area contributed by atoms with Gasteiger partial charge in [-0.05, 0) is 48.2 Å². The van der Waals surface area contributed by atoms with Crippen LogP contribution in [-0.4, -0.2) is 26.9 Å². The Morgan fingerprint density at radius 1 is 1.03 bits per heavy atom. The summed E-state index contributed by atoms with van der Waals surface area (Å²) in [5, 5.41) is 8.66. The van der Waals surface area contributed by atoms with Crippen LogP contribution in [0.5, 0.6) is 0 Å². The lowest BCUT2D eigenvalue weighted by molar-refractivity contribution is -0.118. The van der Waals surface area contributed by atoms with Crippen LogP contribution in [0.3, 0.4) is 0 Å². The van der Waals surface area contributed by atoms with E-state index in [-0.39, 0.29) is 29.4 Å². The SMILES string of the molecule is CC1Cc2cc(S(N)(=O)=O)ccc2N1C(=O)CNC(c1ccccc1)c1ccccc1. The molecule has 1 aliphatic rings. The number of sulfonamides is 1. The maximum atomic E-state index is 13.2. The highest BCUT2D eigenvalue weighted by molar-refractivity contribution is 7.89. The Hall–Kier alpha value is -3.00. The first kappa shape index (κ1) is 21.2. The lowest BCUT2D eigenvalue weighted by atomic mass is 9.99. The number of benzene rings is 3. The molecule has 3 N–H and O–H groups in total. The molecule has 4 rings (SSSR count). The van der Waals surface area contributed by atoms with Gasteiger partial charge >= 0.3 is 0 Å². The third-order valence-electron chi connectivity index (χ3n) is 5.59. The van der Waals surface area contributed by atoms with E-state index < -0.39 is 10.0 Å². The topological polar surface area (TPSA) is 92.5 Å². The van der Waals surface area contributed by atoms with Crippen molar-refractivity contribution in [3.05, 3.63) is 95.6 Å². The lowest BCUT2D eigenvalue weighted by Gasteiger charge is -2.25. The van der Waals surface area contributed by atoms with Crippen LogP contribution in [0, 0.1) is 0 Å². The highest BCUT2D eigenvalue weighted by Gasteiger charge is 2.32. The molecule has 31 heavy (non-hydrogen) atoms. The first-order valence-corrected chi connectivity index (χ1v) is 11.7. The molecule has 0 aliphatic carbocycles. The second-order valence-electron chi connectivity index (χ2n) is 7.79. The Kier molecular flexibility index (Phi) is 5.91. The number of carbonyl (C=O) groups excluding carboxylic acids is 1. The summed E-state index contributed by atoms with van der Waals surface area (Å²) in [6.45, 7) is 2.11. The average molecular weight is 436 g/mol. The highest BCUT2D eigenvalue weighted by Crippen LogP contribution is 2.34. The zero-order chi connectivity index (χ0) is 22.0. The molecule has 7 heteroatoms. The van der Waals surface area contributed by atoms with Crippen molar-refractivity contribution in [1.82, 2.24) is 5.32 Å². The van der Waals surface area contributed by atoms with Crippen molar-refractivity contribution in [3.8, 4) is 0 Å². The Morgan fingerprint density at radius 3 is 2.16 bits per heavy atom. The minimum atomic E-state index is -3.78. The van der Waals surface area contributed by atoms with Crippen molar-refractivity contribution >= 4 is 21.6 Å². The molecule has 0 saturated carbocycles. The molecule has 1 unspecified atom stereocenters. The van der Waals surface area contributed by atoms with Gasteiger partial charge in [-0.2, -0.15) is 0 Å². The van der Waals surface area contributed by atoms with Crippen molar-refractivity contribution in [3.63, 3.8) is 0 Å². The predicted octanol–water partition coefficient (Wildman–Crippen LogP) is 2.99. The van der Waals surface area contributed by atoms with E-state index in [2.05, 4.69) is 5.32 Å². The molecule has 0 fully saturated rings. The predicted molar refractivity (Wildman–Crippen MR) is 121 cm³/mol. The molecule has 3 aromatic rings. The number of rotatable bonds is 6. The fourth-order valence-electron chi connectivity index (χ4n) is 4.16. The van der Waals surface area contributed by atoms with Crippen LogP contribution in [-0.2, 0) is 21.2 Å². The number of anilines is 1. The average Bonchev–Trinajstić information content (AvgIpc) is 3.09.